The van der Waals surface area contributed by atoms with E-state index in [0.717, 1.165) is 0 Å². The molecule has 0 heterocycles. The van der Waals surface area contributed by atoms with Gasteiger partial charge in [0.05, 0.1) is 0 Å². The molecule has 1 aromatic rings. The van der Waals surface area contributed by atoms with Gasteiger partial charge in [-0.05, 0) is 32.1 Å². The van der Waals surface area contributed by atoms with E-state index in [0.29, 0.717) is 13.1 Å². The number of hydrogen-bond acceptors (Lipinski definition) is 5. The van der Waals surface area contributed by atoms with Gasteiger partial charge in [0.25, 0.3) is 0 Å². The standard InChI is InChI=1S/C15H19NO4S/c1-4-10-14(16(5-2)6-3)15(17)20-21(18,19)13-11-8-7-9-12-13/h4,7-12H,1,5-6H2,2-3H3. The summed E-state index contributed by atoms with van der Waals surface area (Å²) >= 11 is 0. The molecule has 0 aliphatic rings. The first kappa shape index (κ1) is 17.0. The van der Waals surface area contributed by atoms with Gasteiger partial charge in [-0.3, -0.25) is 0 Å². The average molecular weight is 309 g/mol. The molecule has 0 spiro atoms. The maximum Gasteiger partial charge on any atom is 0.370 e. The Morgan fingerprint density at radius 1 is 1.24 bits per heavy atom. The highest BCUT2D eigenvalue weighted by atomic mass is 32.2. The van der Waals surface area contributed by atoms with Crippen molar-refractivity contribution < 1.29 is 17.4 Å². The largest absolute Gasteiger partial charge is 0.370 e. The van der Waals surface area contributed by atoms with Gasteiger partial charge in [0.2, 0.25) is 0 Å². The predicted octanol–water partition coefficient (Wildman–Crippen LogP) is 2.33. The first-order valence-corrected chi connectivity index (χ1v) is 7.98. The number of nitrogens with zero attached hydrogens (tertiary/aromatic N) is 1. The second kappa shape index (κ2) is 7.64. The lowest BCUT2D eigenvalue weighted by Crippen LogP contribution is -2.29. The number of rotatable bonds is 7. The molecule has 0 saturated heterocycles. The third-order valence-corrected chi connectivity index (χ3v) is 4.03. The molecule has 0 aromatic heterocycles. The van der Waals surface area contributed by atoms with Crippen LogP contribution in [-0.2, 0) is 19.1 Å². The lowest BCUT2D eigenvalue weighted by Gasteiger charge is -2.22. The van der Waals surface area contributed by atoms with Crippen molar-refractivity contribution in [1.82, 2.24) is 4.90 Å². The summed E-state index contributed by atoms with van der Waals surface area (Å²) in [6.07, 6.45) is 2.86. The molecular formula is C15H19NO4S. The van der Waals surface area contributed by atoms with Crippen LogP contribution in [0.25, 0.3) is 0 Å². The minimum atomic E-state index is -4.12. The Bertz CT molecular complexity index is 616. The molecule has 6 heteroatoms. The summed E-state index contributed by atoms with van der Waals surface area (Å²) in [6.45, 7) is 8.35. The first-order valence-electron chi connectivity index (χ1n) is 6.57. The fraction of sp³-hybridized carbons (Fsp3) is 0.267. The quantitative estimate of drug-likeness (QED) is 0.439. The Morgan fingerprint density at radius 3 is 2.29 bits per heavy atom. The Morgan fingerprint density at radius 2 is 1.81 bits per heavy atom. The summed E-state index contributed by atoms with van der Waals surface area (Å²) in [4.78, 5) is 13.8. The highest BCUT2D eigenvalue weighted by Crippen LogP contribution is 2.15. The molecule has 1 aromatic carbocycles. The van der Waals surface area contributed by atoms with E-state index in [1.54, 1.807) is 23.1 Å². The summed E-state index contributed by atoms with van der Waals surface area (Å²) in [6, 6.07) is 7.55. The van der Waals surface area contributed by atoms with Gasteiger partial charge in [-0.15, -0.1) is 0 Å². The molecular weight excluding hydrogens is 290 g/mol. The summed E-state index contributed by atoms with van der Waals surface area (Å²) in [5.74, 6) is -0.914. The van der Waals surface area contributed by atoms with Crippen LogP contribution in [0.3, 0.4) is 0 Å². The zero-order chi connectivity index (χ0) is 15.9. The van der Waals surface area contributed by atoms with E-state index in [4.69, 9.17) is 4.18 Å². The number of benzene rings is 1. The summed E-state index contributed by atoms with van der Waals surface area (Å²) in [5, 5.41) is 0. The molecule has 1 rings (SSSR count). The van der Waals surface area contributed by atoms with Crippen LogP contribution in [0.5, 0.6) is 0 Å². The van der Waals surface area contributed by atoms with Crippen LogP contribution in [0.4, 0.5) is 0 Å². The van der Waals surface area contributed by atoms with Crippen LogP contribution in [0.1, 0.15) is 13.8 Å². The molecule has 0 fully saturated rings. The molecule has 0 atom stereocenters. The zero-order valence-corrected chi connectivity index (χ0v) is 13.0. The Labute approximate surface area is 125 Å². The topological polar surface area (TPSA) is 63.7 Å². The SMILES string of the molecule is C=CC=C(C(=O)OS(=O)(=O)c1ccccc1)N(CC)CC. The van der Waals surface area contributed by atoms with Gasteiger partial charge in [-0.1, -0.05) is 30.9 Å². The molecule has 0 unspecified atom stereocenters. The molecule has 0 amide bonds. The minimum Gasteiger partial charge on any atom is -0.366 e. The molecule has 0 radical (unpaired) electrons. The summed E-state index contributed by atoms with van der Waals surface area (Å²) < 4.78 is 28.8. The van der Waals surface area contributed by atoms with E-state index in [2.05, 4.69) is 6.58 Å². The predicted molar refractivity (Wildman–Crippen MR) is 80.9 cm³/mol. The normalized spacial score (nSPS) is 11.8. The zero-order valence-electron chi connectivity index (χ0n) is 12.2. The van der Waals surface area contributed by atoms with Gasteiger partial charge in [0.1, 0.15) is 10.6 Å². The van der Waals surface area contributed by atoms with Crippen molar-refractivity contribution in [2.24, 2.45) is 0 Å². The van der Waals surface area contributed by atoms with Crippen LogP contribution in [0.15, 0.2) is 59.7 Å². The van der Waals surface area contributed by atoms with Gasteiger partial charge < -0.3 is 9.08 Å². The number of carbonyl (C=O) groups is 1. The molecule has 114 valence electrons. The third kappa shape index (κ3) is 4.46. The van der Waals surface area contributed by atoms with Crippen LogP contribution < -0.4 is 0 Å². The second-order valence-corrected chi connectivity index (χ2v) is 5.64. The van der Waals surface area contributed by atoms with Crippen LogP contribution in [-0.4, -0.2) is 32.4 Å². The van der Waals surface area contributed by atoms with Crippen molar-refractivity contribution in [3.8, 4) is 0 Å². The smallest absolute Gasteiger partial charge is 0.366 e. The Kier molecular flexibility index (Phi) is 6.17. The lowest BCUT2D eigenvalue weighted by molar-refractivity contribution is -0.131. The molecule has 5 nitrogen and oxygen atoms in total. The van der Waals surface area contributed by atoms with Crippen molar-refractivity contribution >= 4 is 16.1 Å². The van der Waals surface area contributed by atoms with E-state index in [1.165, 1.54) is 24.3 Å². The average Bonchev–Trinajstić information content (AvgIpc) is 2.48. The minimum absolute atomic E-state index is 0.0594. The van der Waals surface area contributed by atoms with Crippen molar-refractivity contribution in [2.75, 3.05) is 13.1 Å². The highest BCUT2D eigenvalue weighted by Gasteiger charge is 2.24. The molecule has 0 aliphatic carbocycles. The lowest BCUT2D eigenvalue weighted by atomic mass is 10.3. The maximum absolute atomic E-state index is 12.1. The van der Waals surface area contributed by atoms with Crippen molar-refractivity contribution in [3.63, 3.8) is 0 Å². The number of allylic oxidation sites excluding steroid dienone is 2. The first-order chi connectivity index (χ1) is 9.96. The highest BCUT2D eigenvalue weighted by molar-refractivity contribution is 7.87. The van der Waals surface area contributed by atoms with E-state index < -0.39 is 16.1 Å². The Hall–Kier alpha value is -2.08. The van der Waals surface area contributed by atoms with Gasteiger partial charge >= 0.3 is 16.1 Å². The van der Waals surface area contributed by atoms with Crippen LogP contribution in [0, 0.1) is 0 Å². The van der Waals surface area contributed by atoms with Crippen molar-refractivity contribution in [2.45, 2.75) is 18.7 Å². The number of likely N-dealkylation sites (N-methyl/N-ethyl adjacent to an activating group) is 1. The van der Waals surface area contributed by atoms with Gasteiger partial charge in [-0.25, -0.2) is 4.79 Å². The molecule has 0 bridgehead atoms. The fourth-order valence-electron chi connectivity index (χ4n) is 1.76. The van der Waals surface area contributed by atoms with E-state index in [1.807, 2.05) is 13.8 Å². The monoisotopic (exact) mass is 309 g/mol. The fourth-order valence-corrected chi connectivity index (χ4v) is 2.63. The van der Waals surface area contributed by atoms with Crippen LogP contribution >= 0.6 is 0 Å². The third-order valence-electron chi connectivity index (χ3n) is 2.81. The molecule has 0 saturated carbocycles. The molecule has 0 aliphatic heterocycles. The van der Waals surface area contributed by atoms with E-state index in [9.17, 15) is 13.2 Å². The Balaban J connectivity index is 3.03. The van der Waals surface area contributed by atoms with Gasteiger partial charge in [-0.2, -0.15) is 8.42 Å². The van der Waals surface area contributed by atoms with Crippen LogP contribution in [0.2, 0.25) is 0 Å². The summed E-state index contributed by atoms with van der Waals surface area (Å²) in [5.41, 5.74) is 0.162. The van der Waals surface area contributed by atoms with Gasteiger partial charge in [0, 0.05) is 13.1 Å². The van der Waals surface area contributed by atoms with E-state index >= 15 is 0 Å². The maximum atomic E-state index is 12.1. The summed E-state index contributed by atoms with van der Waals surface area (Å²) in [7, 11) is -4.12. The van der Waals surface area contributed by atoms with Gasteiger partial charge in [0.15, 0.2) is 0 Å². The molecule has 0 N–H and O–H groups in total. The number of carbonyl (C=O) groups excluding carboxylic acids is 1. The second-order valence-electron chi connectivity index (χ2n) is 4.10. The number of hydrogen-bond donors (Lipinski definition) is 0. The van der Waals surface area contributed by atoms with Crippen molar-refractivity contribution in [1.29, 1.82) is 0 Å². The van der Waals surface area contributed by atoms with E-state index in [-0.39, 0.29) is 10.6 Å². The van der Waals surface area contributed by atoms with Crippen molar-refractivity contribution in [3.05, 3.63) is 54.8 Å². The molecule has 21 heavy (non-hydrogen) atoms.